The second kappa shape index (κ2) is 6.39. The lowest BCUT2D eigenvalue weighted by Gasteiger charge is -2.36. The van der Waals surface area contributed by atoms with E-state index in [0.717, 1.165) is 65.2 Å². The van der Waals surface area contributed by atoms with Crippen molar-refractivity contribution in [3.63, 3.8) is 0 Å². The zero-order valence-corrected chi connectivity index (χ0v) is 15.8. The van der Waals surface area contributed by atoms with Gasteiger partial charge in [-0.1, -0.05) is 29.8 Å². The summed E-state index contributed by atoms with van der Waals surface area (Å²) < 4.78 is 2.10. The first-order valence-electron chi connectivity index (χ1n) is 9.07. The summed E-state index contributed by atoms with van der Waals surface area (Å²) in [6.07, 6.45) is 0. The van der Waals surface area contributed by atoms with E-state index in [1.165, 1.54) is 0 Å². The van der Waals surface area contributed by atoms with Crippen LogP contribution in [0.4, 0.5) is 11.5 Å². The molecule has 0 bridgehead atoms. The van der Waals surface area contributed by atoms with Gasteiger partial charge in [-0.05, 0) is 37.3 Å². The second-order valence-electron chi connectivity index (χ2n) is 6.78. The molecule has 3 heterocycles. The number of aromatic nitrogens is 4. The largest absolute Gasteiger partial charge is 0.368 e. The minimum atomic E-state index is 0.770. The molecule has 1 fully saturated rings. The third-order valence-electron chi connectivity index (χ3n) is 5.13. The first kappa shape index (κ1) is 16.3. The number of hydrogen-bond donors (Lipinski definition) is 0. The Morgan fingerprint density at radius 1 is 0.889 bits per heavy atom. The topological polar surface area (TPSA) is 49.6 Å². The molecular formula is C20H19ClN6. The van der Waals surface area contributed by atoms with Crippen LogP contribution in [0, 0.1) is 6.92 Å². The number of nitrogens with zero attached hydrogens (tertiary/aromatic N) is 6. The molecular weight excluding hydrogens is 360 g/mol. The van der Waals surface area contributed by atoms with Crippen molar-refractivity contribution in [2.45, 2.75) is 6.92 Å². The lowest BCUT2D eigenvalue weighted by Crippen LogP contribution is -2.47. The zero-order chi connectivity index (χ0) is 18.4. The molecule has 1 saturated heterocycles. The van der Waals surface area contributed by atoms with Gasteiger partial charge in [-0.2, -0.15) is 0 Å². The summed E-state index contributed by atoms with van der Waals surface area (Å²) in [5, 5.41) is 9.48. The molecule has 0 amide bonds. The highest BCUT2D eigenvalue weighted by Gasteiger charge is 2.23. The highest BCUT2D eigenvalue weighted by atomic mass is 35.5. The fourth-order valence-electron chi connectivity index (χ4n) is 3.77. The van der Waals surface area contributed by atoms with E-state index in [1.807, 2.05) is 43.3 Å². The molecule has 0 atom stereocenters. The van der Waals surface area contributed by atoms with Crippen molar-refractivity contribution in [1.29, 1.82) is 0 Å². The summed E-state index contributed by atoms with van der Waals surface area (Å²) in [7, 11) is 0. The Balaban J connectivity index is 1.49. The minimum absolute atomic E-state index is 0.770. The standard InChI is InChI=1S/C20H19ClN6/c1-14-23-24-20-19(22-17-7-2-3-8-18(17)27(14)20)26-11-9-25(10-12-26)16-6-4-5-15(21)13-16/h2-8,13H,9-12H2,1H3. The van der Waals surface area contributed by atoms with Gasteiger partial charge >= 0.3 is 0 Å². The van der Waals surface area contributed by atoms with Crippen molar-refractivity contribution < 1.29 is 0 Å². The summed E-state index contributed by atoms with van der Waals surface area (Å²) in [5.41, 5.74) is 3.98. The smallest absolute Gasteiger partial charge is 0.204 e. The number of fused-ring (bicyclic) bond motifs is 3. The third kappa shape index (κ3) is 2.77. The van der Waals surface area contributed by atoms with Gasteiger partial charge in [0, 0.05) is 36.9 Å². The maximum Gasteiger partial charge on any atom is 0.204 e. The predicted octanol–water partition coefficient (Wildman–Crippen LogP) is 3.57. The Hall–Kier alpha value is -2.86. The Morgan fingerprint density at radius 2 is 1.67 bits per heavy atom. The monoisotopic (exact) mass is 378 g/mol. The van der Waals surface area contributed by atoms with Gasteiger partial charge in [-0.25, -0.2) is 4.98 Å². The molecule has 0 N–H and O–H groups in total. The molecule has 2 aromatic carbocycles. The number of para-hydroxylation sites is 2. The molecule has 0 unspecified atom stereocenters. The fraction of sp³-hybridized carbons (Fsp3) is 0.250. The SMILES string of the molecule is Cc1nnc2c(N3CCN(c4cccc(Cl)c4)CC3)nc3ccccc3n12. The first-order valence-corrected chi connectivity index (χ1v) is 9.44. The van der Waals surface area contributed by atoms with Crippen LogP contribution >= 0.6 is 11.6 Å². The van der Waals surface area contributed by atoms with E-state index in [-0.39, 0.29) is 0 Å². The average Bonchev–Trinajstić information content (AvgIpc) is 3.10. The van der Waals surface area contributed by atoms with Gasteiger partial charge in [-0.15, -0.1) is 10.2 Å². The van der Waals surface area contributed by atoms with Crippen LogP contribution in [-0.4, -0.2) is 45.8 Å². The van der Waals surface area contributed by atoms with E-state index in [0.29, 0.717) is 0 Å². The molecule has 2 aromatic heterocycles. The van der Waals surface area contributed by atoms with Crippen molar-refractivity contribution in [2.75, 3.05) is 36.0 Å². The van der Waals surface area contributed by atoms with Gasteiger partial charge in [0.15, 0.2) is 5.82 Å². The van der Waals surface area contributed by atoms with E-state index >= 15 is 0 Å². The summed E-state index contributed by atoms with van der Waals surface area (Å²) in [6.45, 7) is 5.55. The van der Waals surface area contributed by atoms with Gasteiger partial charge in [0.05, 0.1) is 11.0 Å². The number of rotatable bonds is 2. The molecule has 0 radical (unpaired) electrons. The molecule has 6 nitrogen and oxygen atoms in total. The van der Waals surface area contributed by atoms with Crippen molar-refractivity contribution in [3.8, 4) is 0 Å². The zero-order valence-electron chi connectivity index (χ0n) is 15.0. The number of anilines is 2. The number of benzene rings is 2. The van der Waals surface area contributed by atoms with Crippen LogP contribution in [0.25, 0.3) is 16.7 Å². The maximum atomic E-state index is 6.15. The molecule has 1 aliphatic rings. The minimum Gasteiger partial charge on any atom is -0.368 e. The summed E-state index contributed by atoms with van der Waals surface area (Å²) in [4.78, 5) is 9.57. The fourth-order valence-corrected chi connectivity index (χ4v) is 3.95. The maximum absolute atomic E-state index is 6.15. The van der Waals surface area contributed by atoms with E-state index in [4.69, 9.17) is 16.6 Å². The molecule has 4 aromatic rings. The Morgan fingerprint density at radius 3 is 2.48 bits per heavy atom. The molecule has 136 valence electrons. The molecule has 1 aliphatic heterocycles. The van der Waals surface area contributed by atoms with Crippen LogP contribution in [0.1, 0.15) is 5.82 Å². The first-order chi connectivity index (χ1) is 13.2. The van der Waals surface area contributed by atoms with E-state index in [1.54, 1.807) is 0 Å². The van der Waals surface area contributed by atoms with Crippen LogP contribution in [0.15, 0.2) is 48.5 Å². The van der Waals surface area contributed by atoms with E-state index in [9.17, 15) is 0 Å². The highest BCUT2D eigenvalue weighted by molar-refractivity contribution is 6.30. The molecule has 0 saturated carbocycles. The van der Waals surface area contributed by atoms with Crippen molar-refractivity contribution in [3.05, 3.63) is 59.4 Å². The molecule has 7 heteroatoms. The van der Waals surface area contributed by atoms with Gasteiger partial charge in [0.1, 0.15) is 5.82 Å². The van der Waals surface area contributed by atoms with E-state index < -0.39 is 0 Å². The predicted molar refractivity (Wildman–Crippen MR) is 109 cm³/mol. The quantitative estimate of drug-likeness (QED) is 0.533. The van der Waals surface area contributed by atoms with Crippen LogP contribution < -0.4 is 9.80 Å². The van der Waals surface area contributed by atoms with Gasteiger partial charge in [-0.3, -0.25) is 4.40 Å². The number of halogens is 1. The Bertz CT molecular complexity index is 1130. The molecule has 0 spiro atoms. The number of piperazine rings is 1. The summed E-state index contributed by atoms with van der Waals surface area (Å²) in [5.74, 6) is 1.78. The van der Waals surface area contributed by atoms with Gasteiger partial charge in [0.25, 0.3) is 0 Å². The van der Waals surface area contributed by atoms with Crippen molar-refractivity contribution in [1.82, 2.24) is 19.6 Å². The Labute approximate surface area is 162 Å². The van der Waals surface area contributed by atoms with Crippen molar-refractivity contribution >= 4 is 39.8 Å². The van der Waals surface area contributed by atoms with Crippen LogP contribution in [0.2, 0.25) is 5.02 Å². The lowest BCUT2D eigenvalue weighted by atomic mass is 10.2. The second-order valence-corrected chi connectivity index (χ2v) is 7.22. The molecule has 27 heavy (non-hydrogen) atoms. The van der Waals surface area contributed by atoms with Crippen molar-refractivity contribution in [2.24, 2.45) is 0 Å². The highest BCUT2D eigenvalue weighted by Crippen LogP contribution is 2.27. The lowest BCUT2D eigenvalue weighted by molar-refractivity contribution is 0.648. The normalized spacial score (nSPS) is 15.0. The van der Waals surface area contributed by atoms with Crippen LogP contribution in [0.3, 0.4) is 0 Å². The molecule has 5 rings (SSSR count). The number of hydrogen-bond acceptors (Lipinski definition) is 5. The van der Waals surface area contributed by atoms with E-state index in [2.05, 4.69) is 36.5 Å². The summed E-state index contributed by atoms with van der Waals surface area (Å²) in [6, 6.07) is 16.2. The van der Waals surface area contributed by atoms with Crippen LogP contribution in [0.5, 0.6) is 0 Å². The van der Waals surface area contributed by atoms with Gasteiger partial charge in [0.2, 0.25) is 5.65 Å². The average molecular weight is 379 g/mol. The number of aryl methyl sites for hydroxylation is 1. The summed E-state index contributed by atoms with van der Waals surface area (Å²) >= 11 is 6.15. The molecule has 0 aliphatic carbocycles. The van der Waals surface area contributed by atoms with Gasteiger partial charge < -0.3 is 9.80 Å². The van der Waals surface area contributed by atoms with Crippen LogP contribution in [-0.2, 0) is 0 Å². The third-order valence-corrected chi connectivity index (χ3v) is 5.36. The Kier molecular flexibility index (Phi) is 3.86.